The predicted octanol–water partition coefficient (Wildman–Crippen LogP) is 2.41. The number of amides is 2. The molecule has 1 aromatic heterocycles. The van der Waals surface area contributed by atoms with Crippen LogP contribution in [0.15, 0.2) is 36.5 Å². The van der Waals surface area contributed by atoms with Crippen LogP contribution in [0.25, 0.3) is 11.3 Å². The van der Waals surface area contributed by atoms with Gasteiger partial charge in [-0.25, -0.2) is 0 Å². The van der Waals surface area contributed by atoms with Gasteiger partial charge in [0.1, 0.15) is 0 Å². The maximum absolute atomic E-state index is 12.7. The highest BCUT2D eigenvalue weighted by molar-refractivity contribution is 5.96. The summed E-state index contributed by atoms with van der Waals surface area (Å²) in [4.78, 5) is 29.7. The van der Waals surface area contributed by atoms with Gasteiger partial charge < -0.3 is 15.7 Å². The number of pyridine rings is 1. The van der Waals surface area contributed by atoms with Crippen molar-refractivity contribution in [3.8, 4) is 11.3 Å². The Balaban J connectivity index is 2.07. The number of carbonyl (C=O) groups is 2. The molecule has 6 nitrogen and oxygen atoms in total. The van der Waals surface area contributed by atoms with E-state index in [1.807, 2.05) is 25.1 Å². The number of nitrogens with one attached hydrogen (secondary N) is 2. The van der Waals surface area contributed by atoms with E-state index in [4.69, 9.17) is 0 Å². The molecule has 2 unspecified atom stereocenters. The van der Waals surface area contributed by atoms with Crippen molar-refractivity contribution in [1.29, 1.82) is 0 Å². The highest BCUT2D eigenvalue weighted by Crippen LogP contribution is 2.34. The second-order valence-corrected chi connectivity index (χ2v) is 7.51. The van der Waals surface area contributed by atoms with Crippen molar-refractivity contribution in [1.82, 2.24) is 15.6 Å². The van der Waals surface area contributed by atoms with Crippen LogP contribution in [-0.2, 0) is 4.79 Å². The Labute approximate surface area is 165 Å². The lowest BCUT2D eigenvalue weighted by atomic mass is 9.85. The van der Waals surface area contributed by atoms with Gasteiger partial charge in [0.05, 0.1) is 18.2 Å². The fourth-order valence-corrected chi connectivity index (χ4v) is 3.58. The Hall–Kier alpha value is -2.73. The predicted molar refractivity (Wildman–Crippen MR) is 108 cm³/mol. The summed E-state index contributed by atoms with van der Waals surface area (Å²) in [5, 5.41) is 15.0. The third-order valence-corrected chi connectivity index (χ3v) is 5.25. The van der Waals surface area contributed by atoms with Crippen LogP contribution in [0.4, 0.5) is 0 Å². The monoisotopic (exact) mass is 381 g/mol. The molecule has 3 atom stereocenters. The molecule has 0 saturated carbocycles. The molecule has 2 heterocycles. The van der Waals surface area contributed by atoms with Gasteiger partial charge in [-0.3, -0.25) is 14.6 Å². The minimum absolute atomic E-state index is 0.00375. The van der Waals surface area contributed by atoms with Gasteiger partial charge >= 0.3 is 0 Å². The van der Waals surface area contributed by atoms with Crippen molar-refractivity contribution < 1.29 is 14.7 Å². The van der Waals surface area contributed by atoms with Crippen molar-refractivity contribution in [3.63, 3.8) is 0 Å². The van der Waals surface area contributed by atoms with Crippen molar-refractivity contribution in [2.24, 2.45) is 5.92 Å². The number of hydrogen-bond acceptors (Lipinski definition) is 4. The third-order valence-electron chi connectivity index (χ3n) is 5.25. The van der Waals surface area contributed by atoms with Crippen LogP contribution in [0.3, 0.4) is 0 Å². The molecule has 1 aliphatic rings. The van der Waals surface area contributed by atoms with Gasteiger partial charge in [-0.05, 0) is 55.2 Å². The lowest BCUT2D eigenvalue weighted by Gasteiger charge is -2.18. The lowest BCUT2D eigenvalue weighted by molar-refractivity contribution is -0.120. The highest BCUT2D eigenvalue weighted by atomic mass is 16.3. The van der Waals surface area contributed by atoms with Crippen molar-refractivity contribution in [3.05, 3.63) is 53.2 Å². The summed E-state index contributed by atoms with van der Waals surface area (Å²) in [5.74, 6) is -0.364. The second kappa shape index (κ2) is 8.52. The van der Waals surface area contributed by atoms with Gasteiger partial charge in [0.25, 0.3) is 5.91 Å². The smallest absolute Gasteiger partial charge is 0.251 e. The topological polar surface area (TPSA) is 91.3 Å². The van der Waals surface area contributed by atoms with E-state index in [9.17, 15) is 14.7 Å². The first-order chi connectivity index (χ1) is 13.4. The standard InChI is InChI=1S/C22H27N3O3/c1-4-15-11-24-22(28)20(15)17-7-16(19-6-5-13(2)10-23-19)8-18(9-17)21(27)25-14(3)12-26/h5-10,14-15,20,26H,4,11-12H2,1-3H3,(H,24,28)(H,25,27)/t14-,15?,20?/m0/s1. The molecular weight excluding hydrogens is 354 g/mol. The molecule has 1 aliphatic heterocycles. The van der Waals surface area contributed by atoms with Crippen molar-refractivity contribution in [2.45, 2.75) is 39.2 Å². The Morgan fingerprint density at radius 3 is 2.79 bits per heavy atom. The fourth-order valence-electron chi connectivity index (χ4n) is 3.58. The molecule has 6 heteroatoms. The fraction of sp³-hybridized carbons (Fsp3) is 0.409. The van der Waals surface area contributed by atoms with Crippen LogP contribution in [0.1, 0.15) is 47.7 Å². The van der Waals surface area contributed by atoms with Crippen molar-refractivity contribution >= 4 is 11.8 Å². The molecule has 0 aliphatic carbocycles. The molecule has 1 fully saturated rings. The summed E-state index contributed by atoms with van der Waals surface area (Å²) in [5.41, 5.74) is 3.89. The minimum atomic E-state index is -0.352. The number of aromatic nitrogens is 1. The Morgan fingerprint density at radius 1 is 1.36 bits per heavy atom. The molecule has 1 aromatic carbocycles. The van der Waals surface area contributed by atoms with E-state index in [2.05, 4.69) is 22.5 Å². The minimum Gasteiger partial charge on any atom is -0.394 e. The summed E-state index contributed by atoms with van der Waals surface area (Å²) in [6.07, 6.45) is 2.66. The van der Waals surface area contributed by atoms with E-state index in [1.165, 1.54) is 0 Å². The summed E-state index contributed by atoms with van der Waals surface area (Å²) in [7, 11) is 0. The summed E-state index contributed by atoms with van der Waals surface area (Å²) in [6.45, 7) is 6.29. The first-order valence-corrected chi connectivity index (χ1v) is 9.70. The van der Waals surface area contributed by atoms with E-state index >= 15 is 0 Å². The van der Waals surface area contributed by atoms with Crippen LogP contribution in [0, 0.1) is 12.8 Å². The van der Waals surface area contributed by atoms with Crippen LogP contribution in [-0.4, -0.2) is 41.1 Å². The maximum Gasteiger partial charge on any atom is 0.251 e. The number of benzene rings is 1. The van der Waals surface area contributed by atoms with Gasteiger partial charge in [0, 0.05) is 29.9 Å². The zero-order valence-corrected chi connectivity index (χ0v) is 16.5. The van der Waals surface area contributed by atoms with Gasteiger partial charge in [-0.1, -0.05) is 19.4 Å². The van der Waals surface area contributed by atoms with Crippen molar-refractivity contribution in [2.75, 3.05) is 13.2 Å². The molecule has 3 N–H and O–H groups in total. The molecule has 0 spiro atoms. The number of aryl methyl sites for hydroxylation is 1. The van der Waals surface area contributed by atoms with Crippen LogP contribution in [0.5, 0.6) is 0 Å². The summed E-state index contributed by atoms with van der Waals surface area (Å²) >= 11 is 0. The molecule has 0 radical (unpaired) electrons. The zero-order valence-electron chi connectivity index (χ0n) is 16.5. The first kappa shape index (κ1) is 20.0. The Kier molecular flexibility index (Phi) is 6.09. The molecule has 28 heavy (non-hydrogen) atoms. The summed E-state index contributed by atoms with van der Waals surface area (Å²) in [6, 6.07) is 9.07. The molecule has 3 rings (SSSR count). The summed E-state index contributed by atoms with van der Waals surface area (Å²) < 4.78 is 0. The zero-order chi connectivity index (χ0) is 20.3. The number of hydrogen-bond donors (Lipinski definition) is 3. The number of aliphatic hydroxyl groups excluding tert-OH is 1. The number of nitrogens with zero attached hydrogens (tertiary/aromatic N) is 1. The van der Waals surface area contributed by atoms with Gasteiger partial charge in [-0.15, -0.1) is 0 Å². The number of aliphatic hydroxyl groups is 1. The van der Waals surface area contributed by atoms with Crippen LogP contribution in [0.2, 0.25) is 0 Å². The van der Waals surface area contributed by atoms with Gasteiger partial charge in [0.15, 0.2) is 0 Å². The van der Waals surface area contributed by atoms with Gasteiger partial charge in [-0.2, -0.15) is 0 Å². The Morgan fingerprint density at radius 2 is 2.14 bits per heavy atom. The van der Waals surface area contributed by atoms with E-state index in [0.717, 1.165) is 28.8 Å². The first-order valence-electron chi connectivity index (χ1n) is 9.70. The molecule has 2 amide bonds. The lowest BCUT2D eigenvalue weighted by Crippen LogP contribution is -2.35. The second-order valence-electron chi connectivity index (χ2n) is 7.51. The van der Waals surface area contributed by atoms with Crippen LogP contribution < -0.4 is 10.6 Å². The average molecular weight is 381 g/mol. The highest BCUT2D eigenvalue weighted by Gasteiger charge is 2.35. The number of rotatable bonds is 6. The normalized spacial score (nSPS) is 19.9. The molecule has 148 valence electrons. The largest absolute Gasteiger partial charge is 0.394 e. The van der Waals surface area contributed by atoms with E-state index in [1.54, 1.807) is 25.3 Å². The molecule has 2 aromatic rings. The molecule has 0 bridgehead atoms. The quantitative estimate of drug-likeness (QED) is 0.717. The van der Waals surface area contributed by atoms with E-state index in [-0.39, 0.29) is 36.3 Å². The van der Waals surface area contributed by atoms with E-state index in [0.29, 0.717) is 12.1 Å². The van der Waals surface area contributed by atoms with Gasteiger partial charge in [0.2, 0.25) is 5.91 Å². The third kappa shape index (κ3) is 4.22. The molecular formula is C22H27N3O3. The maximum atomic E-state index is 12.7. The average Bonchev–Trinajstić information content (AvgIpc) is 3.08. The SMILES string of the molecule is CCC1CNC(=O)C1c1cc(C(=O)N[C@@H](C)CO)cc(-c2ccc(C)cn2)c1. The molecule has 1 saturated heterocycles. The van der Waals surface area contributed by atoms with E-state index < -0.39 is 0 Å². The number of carbonyl (C=O) groups excluding carboxylic acids is 2. The van der Waals surface area contributed by atoms with Crippen LogP contribution >= 0.6 is 0 Å². The Bertz CT molecular complexity index is 864.